The number of hydrogen-bond acceptors (Lipinski definition) is 2. The third-order valence-corrected chi connectivity index (χ3v) is 0.429. The van der Waals surface area contributed by atoms with Crippen molar-refractivity contribution in [1.82, 2.24) is 0 Å². The second-order valence-corrected chi connectivity index (χ2v) is 1.13. The van der Waals surface area contributed by atoms with Crippen LogP contribution in [0.4, 0.5) is 0 Å². The second-order valence-electron chi connectivity index (χ2n) is 1.13. The van der Waals surface area contributed by atoms with E-state index in [2.05, 4.69) is 0 Å². The van der Waals surface area contributed by atoms with Crippen LogP contribution >= 0.6 is 0 Å². The zero-order chi connectivity index (χ0) is 4.99. The van der Waals surface area contributed by atoms with Gasteiger partial charge >= 0.3 is 29.6 Å². The molecule has 36 valence electrons. The van der Waals surface area contributed by atoms with E-state index in [0.717, 1.165) is 0 Å². The molecule has 0 saturated carbocycles. The van der Waals surface area contributed by atoms with Gasteiger partial charge in [-0.25, -0.2) is 0 Å². The second kappa shape index (κ2) is 6.34. The summed E-state index contributed by atoms with van der Waals surface area (Å²) in [6.07, 6.45) is 1.21. The summed E-state index contributed by atoms with van der Waals surface area (Å²) in [6.45, 7) is 1.54. The summed E-state index contributed by atoms with van der Waals surface area (Å²) in [5, 5.41) is 0. The maximum atomic E-state index is 9.50. The summed E-state index contributed by atoms with van der Waals surface area (Å²) in [4.78, 5) is 19.0. The Hall–Kier alpha value is 0.340. The van der Waals surface area contributed by atoms with Crippen LogP contribution in [0.15, 0.2) is 0 Å². The number of hydrogen-bond donors (Lipinski definition) is 0. The first-order valence-corrected chi connectivity index (χ1v) is 1.72. The average Bonchev–Trinajstić information content (AvgIpc) is 1.65. The largest absolute Gasteiger partial charge is 1.00 e. The molecular weight excluding hydrogens is 103 g/mol. The van der Waals surface area contributed by atoms with Crippen molar-refractivity contribution in [3.05, 3.63) is 0 Å². The normalized spacial score (nSPS) is 7.14. The van der Waals surface area contributed by atoms with Gasteiger partial charge in [-0.15, -0.1) is 0 Å². The summed E-state index contributed by atoms with van der Waals surface area (Å²) >= 11 is 0. The molecule has 0 saturated heterocycles. The Kier molecular flexibility index (Phi) is 9.37. The summed E-state index contributed by atoms with van der Waals surface area (Å²) in [5.41, 5.74) is 0. The topological polar surface area (TPSA) is 34.1 Å². The van der Waals surface area contributed by atoms with Crippen LogP contribution in [0.3, 0.4) is 0 Å². The van der Waals surface area contributed by atoms with Crippen molar-refractivity contribution in [2.24, 2.45) is 5.92 Å². The molecule has 3 heteroatoms. The Morgan fingerprint density at radius 1 is 1.43 bits per heavy atom. The van der Waals surface area contributed by atoms with Crippen molar-refractivity contribution in [1.29, 1.82) is 0 Å². The Morgan fingerprint density at radius 3 is 1.71 bits per heavy atom. The van der Waals surface area contributed by atoms with Crippen molar-refractivity contribution >= 4 is 12.6 Å². The predicted octanol–water partition coefficient (Wildman–Crippen LogP) is -2.86. The van der Waals surface area contributed by atoms with Crippen LogP contribution in [-0.2, 0) is 9.59 Å². The van der Waals surface area contributed by atoms with Gasteiger partial charge in [0.15, 0.2) is 0 Å². The van der Waals surface area contributed by atoms with Gasteiger partial charge in [-0.05, 0) is 6.92 Å². The molecule has 0 aliphatic rings. The van der Waals surface area contributed by atoms with E-state index in [4.69, 9.17) is 0 Å². The fraction of sp³-hybridized carbons (Fsp3) is 0.500. The Bertz CT molecular complexity index is 59.1. The Balaban J connectivity index is -0.000000125. The van der Waals surface area contributed by atoms with Crippen molar-refractivity contribution < 1.29 is 40.6 Å². The molecule has 2 nitrogen and oxygen atoms in total. The van der Waals surface area contributed by atoms with Gasteiger partial charge in [0.1, 0.15) is 12.6 Å². The fourth-order valence-electron chi connectivity index (χ4n) is 0.0321. The number of aldehydes is 2. The van der Waals surface area contributed by atoms with E-state index in [0.29, 0.717) is 12.6 Å². The van der Waals surface area contributed by atoms with Crippen LogP contribution in [-0.4, -0.2) is 12.6 Å². The van der Waals surface area contributed by atoms with Gasteiger partial charge in [-0.3, -0.25) is 0 Å². The zero-order valence-corrected chi connectivity index (χ0v) is 6.55. The molecule has 0 heterocycles. The molecule has 0 unspecified atom stereocenters. The van der Waals surface area contributed by atoms with Crippen molar-refractivity contribution in [2.45, 2.75) is 6.92 Å². The van der Waals surface area contributed by atoms with Gasteiger partial charge in [0.05, 0.1) is 5.92 Å². The molecule has 0 amide bonds. The molecule has 0 fully saturated rings. The van der Waals surface area contributed by atoms with Crippen LogP contribution in [0.1, 0.15) is 8.35 Å². The molecular formula is C4H7NaO2. The van der Waals surface area contributed by atoms with Crippen LogP contribution in [0.5, 0.6) is 0 Å². The van der Waals surface area contributed by atoms with E-state index in [-0.39, 0.29) is 31.0 Å². The van der Waals surface area contributed by atoms with Crippen molar-refractivity contribution in [3.63, 3.8) is 0 Å². The predicted molar refractivity (Wildman–Crippen MR) is 22.4 cm³/mol. The minimum Gasteiger partial charge on any atom is -1.00 e. The molecule has 0 radical (unpaired) electrons. The molecule has 0 aromatic rings. The summed E-state index contributed by atoms with van der Waals surface area (Å²) in [7, 11) is 0. The van der Waals surface area contributed by atoms with Crippen LogP contribution in [0.25, 0.3) is 0 Å². The minimum atomic E-state index is -0.426. The molecule has 0 aromatic heterocycles. The summed E-state index contributed by atoms with van der Waals surface area (Å²) in [6, 6.07) is 0. The monoisotopic (exact) mass is 110 g/mol. The molecule has 0 rings (SSSR count). The first-order chi connectivity index (χ1) is 2.81. The third-order valence-electron chi connectivity index (χ3n) is 0.429. The van der Waals surface area contributed by atoms with E-state index in [1.54, 1.807) is 6.92 Å². The van der Waals surface area contributed by atoms with Gasteiger partial charge < -0.3 is 11.0 Å². The maximum Gasteiger partial charge on any atom is 1.00 e. The first kappa shape index (κ1) is 10.3. The van der Waals surface area contributed by atoms with E-state index in [1.807, 2.05) is 0 Å². The number of rotatable bonds is 2. The van der Waals surface area contributed by atoms with E-state index >= 15 is 0 Å². The maximum absolute atomic E-state index is 9.50. The quantitative estimate of drug-likeness (QED) is 0.217. The van der Waals surface area contributed by atoms with Gasteiger partial charge in [0, 0.05) is 0 Å². The molecule has 0 aliphatic carbocycles. The average molecular weight is 110 g/mol. The van der Waals surface area contributed by atoms with E-state index < -0.39 is 5.92 Å². The fourth-order valence-corrected chi connectivity index (χ4v) is 0.0321. The Morgan fingerprint density at radius 2 is 1.71 bits per heavy atom. The molecule has 7 heavy (non-hydrogen) atoms. The van der Waals surface area contributed by atoms with Crippen LogP contribution in [0.2, 0.25) is 0 Å². The summed E-state index contributed by atoms with van der Waals surface area (Å²) in [5.74, 6) is -0.426. The number of carbonyl (C=O) groups excluding carboxylic acids is 2. The molecule has 0 bridgehead atoms. The Labute approximate surface area is 66.1 Å². The van der Waals surface area contributed by atoms with Crippen LogP contribution in [0, 0.1) is 5.92 Å². The van der Waals surface area contributed by atoms with E-state index in [1.165, 1.54) is 0 Å². The van der Waals surface area contributed by atoms with Gasteiger partial charge in [-0.1, -0.05) is 0 Å². The molecule has 0 atom stereocenters. The van der Waals surface area contributed by atoms with Gasteiger partial charge in [0.25, 0.3) is 0 Å². The van der Waals surface area contributed by atoms with Crippen LogP contribution < -0.4 is 29.6 Å². The molecule has 0 aliphatic heterocycles. The zero-order valence-electron chi connectivity index (χ0n) is 5.55. The van der Waals surface area contributed by atoms with Gasteiger partial charge in [0.2, 0.25) is 0 Å². The van der Waals surface area contributed by atoms with Gasteiger partial charge in [-0.2, -0.15) is 0 Å². The van der Waals surface area contributed by atoms with E-state index in [9.17, 15) is 9.59 Å². The standard InChI is InChI=1S/C4H6O2.Na.H/c1-4(2-5)3-6;;/h2-4H,1H3;;/q;+1;-1. The van der Waals surface area contributed by atoms with Crippen molar-refractivity contribution in [3.8, 4) is 0 Å². The molecule has 0 spiro atoms. The third kappa shape index (κ3) is 6.34. The minimum absolute atomic E-state index is 0. The first-order valence-electron chi connectivity index (χ1n) is 1.72. The summed E-state index contributed by atoms with van der Waals surface area (Å²) < 4.78 is 0. The SMILES string of the molecule is CC(C=O)C=O.[H-].[Na+]. The number of carbonyl (C=O) groups is 2. The molecule has 0 aromatic carbocycles. The molecule has 0 N–H and O–H groups in total. The smallest absolute Gasteiger partial charge is 1.00 e. The van der Waals surface area contributed by atoms with Crippen molar-refractivity contribution in [2.75, 3.05) is 0 Å².